The predicted octanol–water partition coefficient (Wildman–Crippen LogP) is 3.00. The van der Waals surface area contributed by atoms with E-state index >= 15 is 0 Å². The van der Waals surface area contributed by atoms with E-state index in [0.29, 0.717) is 18.2 Å². The zero-order valence-electron chi connectivity index (χ0n) is 13.8. The zero-order valence-corrected chi connectivity index (χ0v) is 13.8. The van der Waals surface area contributed by atoms with Gasteiger partial charge in [-0.05, 0) is 30.0 Å². The van der Waals surface area contributed by atoms with Gasteiger partial charge in [0, 0.05) is 30.7 Å². The Balaban J connectivity index is 1.63. The average Bonchev–Trinajstić information content (AvgIpc) is 3.11. The summed E-state index contributed by atoms with van der Waals surface area (Å²) in [6, 6.07) is 10.1. The Kier molecular flexibility index (Phi) is 4.19. The summed E-state index contributed by atoms with van der Waals surface area (Å²) < 4.78 is 1.65. The molecule has 5 nitrogen and oxygen atoms in total. The molecule has 3 aromatic rings. The van der Waals surface area contributed by atoms with Crippen molar-refractivity contribution < 1.29 is 4.79 Å². The van der Waals surface area contributed by atoms with Crippen molar-refractivity contribution in [2.24, 2.45) is 7.05 Å². The third kappa shape index (κ3) is 3.13. The Bertz CT molecular complexity index is 829. The Hall–Kier alpha value is -2.56. The van der Waals surface area contributed by atoms with Crippen molar-refractivity contribution in [3.63, 3.8) is 0 Å². The first-order valence-electron chi connectivity index (χ1n) is 7.93. The molecule has 0 radical (unpaired) electrons. The number of nitrogens with zero attached hydrogens (tertiary/aromatic N) is 2. The molecule has 120 valence electrons. The van der Waals surface area contributed by atoms with Gasteiger partial charge in [-0.1, -0.05) is 32.0 Å². The Morgan fingerprint density at radius 1 is 1.35 bits per heavy atom. The lowest BCUT2D eigenvalue weighted by molar-refractivity contribution is 0.0945. The van der Waals surface area contributed by atoms with E-state index in [0.717, 1.165) is 17.6 Å². The molecule has 3 rings (SSSR count). The summed E-state index contributed by atoms with van der Waals surface area (Å²) in [5.74, 6) is 0.237. The van der Waals surface area contributed by atoms with Crippen LogP contribution in [0.1, 0.15) is 41.5 Å². The minimum Gasteiger partial charge on any atom is -0.361 e. The molecule has 0 aliphatic rings. The summed E-state index contributed by atoms with van der Waals surface area (Å²) in [5, 5.41) is 8.57. The molecule has 0 bridgehead atoms. The number of aryl methyl sites for hydroxylation is 1. The van der Waals surface area contributed by atoms with E-state index in [1.807, 2.05) is 24.4 Å². The monoisotopic (exact) mass is 310 g/mol. The molecule has 1 aromatic carbocycles. The summed E-state index contributed by atoms with van der Waals surface area (Å²) in [4.78, 5) is 15.6. The third-order valence-corrected chi connectivity index (χ3v) is 4.08. The van der Waals surface area contributed by atoms with E-state index in [1.165, 1.54) is 10.9 Å². The molecule has 0 unspecified atom stereocenters. The topological polar surface area (TPSA) is 62.7 Å². The molecular formula is C18H22N4O. The minimum atomic E-state index is -0.0771. The van der Waals surface area contributed by atoms with Crippen molar-refractivity contribution in [1.82, 2.24) is 20.1 Å². The van der Waals surface area contributed by atoms with Crippen molar-refractivity contribution >= 4 is 16.8 Å². The maximum atomic E-state index is 12.3. The quantitative estimate of drug-likeness (QED) is 0.761. The fourth-order valence-corrected chi connectivity index (χ4v) is 2.72. The van der Waals surface area contributed by atoms with Gasteiger partial charge in [0.25, 0.3) is 5.91 Å². The molecule has 2 N–H and O–H groups in total. The average molecular weight is 310 g/mol. The van der Waals surface area contributed by atoms with Gasteiger partial charge in [-0.3, -0.25) is 9.48 Å². The molecule has 2 heterocycles. The van der Waals surface area contributed by atoms with Gasteiger partial charge in [0.05, 0.1) is 5.69 Å². The Morgan fingerprint density at radius 2 is 2.13 bits per heavy atom. The maximum Gasteiger partial charge on any atom is 0.269 e. The van der Waals surface area contributed by atoms with E-state index in [9.17, 15) is 4.79 Å². The molecule has 0 atom stereocenters. The van der Waals surface area contributed by atoms with Crippen molar-refractivity contribution in [3.8, 4) is 0 Å². The lowest BCUT2D eigenvalue weighted by atomic mass is 10.1. The fraction of sp³-hybridized carbons (Fsp3) is 0.333. The van der Waals surface area contributed by atoms with Crippen LogP contribution in [0.3, 0.4) is 0 Å². The second-order valence-corrected chi connectivity index (χ2v) is 6.10. The Morgan fingerprint density at radius 3 is 2.87 bits per heavy atom. The van der Waals surface area contributed by atoms with Crippen LogP contribution in [0.25, 0.3) is 10.9 Å². The van der Waals surface area contributed by atoms with Crippen molar-refractivity contribution in [1.29, 1.82) is 0 Å². The van der Waals surface area contributed by atoms with Crippen LogP contribution in [-0.2, 0) is 13.5 Å². The lowest BCUT2D eigenvalue weighted by Crippen LogP contribution is -2.27. The molecule has 0 aliphatic carbocycles. The summed E-state index contributed by atoms with van der Waals surface area (Å²) in [6.45, 7) is 4.74. The number of para-hydroxylation sites is 1. The van der Waals surface area contributed by atoms with E-state index < -0.39 is 0 Å². The van der Waals surface area contributed by atoms with Gasteiger partial charge in [-0.15, -0.1) is 0 Å². The van der Waals surface area contributed by atoms with Crippen LogP contribution in [-0.4, -0.2) is 27.2 Å². The van der Waals surface area contributed by atoms with Gasteiger partial charge in [-0.2, -0.15) is 5.10 Å². The van der Waals surface area contributed by atoms with Gasteiger partial charge in [0.1, 0.15) is 5.69 Å². The molecule has 0 saturated heterocycles. The number of aromatic nitrogens is 3. The molecule has 0 fully saturated rings. The zero-order chi connectivity index (χ0) is 16.4. The number of carbonyl (C=O) groups is 1. The lowest BCUT2D eigenvalue weighted by Gasteiger charge is -2.05. The van der Waals surface area contributed by atoms with Crippen LogP contribution in [0.15, 0.2) is 36.5 Å². The molecule has 5 heteroatoms. The van der Waals surface area contributed by atoms with Crippen molar-refractivity contribution in [3.05, 3.63) is 53.5 Å². The van der Waals surface area contributed by atoms with Crippen LogP contribution >= 0.6 is 0 Å². The highest BCUT2D eigenvalue weighted by molar-refractivity contribution is 5.92. The summed E-state index contributed by atoms with van der Waals surface area (Å²) in [5.41, 5.74) is 3.89. The predicted molar refractivity (Wildman–Crippen MR) is 91.6 cm³/mol. The molecule has 0 saturated carbocycles. The second kappa shape index (κ2) is 6.28. The number of hydrogen-bond acceptors (Lipinski definition) is 2. The highest BCUT2D eigenvalue weighted by Crippen LogP contribution is 2.18. The number of benzene rings is 1. The first kappa shape index (κ1) is 15.3. The summed E-state index contributed by atoms with van der Waals surface area (Å²) in [7, 11) is 1.81. The number of fused-ring (bicyclic) bond motifs is 1. The van der Waals surface area contributed by atoms with Crippen molar-refractivity contribution in [2.45, 2.75) is 26.2 Å². The van der Waals surface area contributed by atoms with Gasteiger partial charge >= 0.3 is 0 Å². The molecule has 0 aliphatic heterocycles. The first-order valence-corrected chi connectivity index (χ1v) is 7.93. The van der Waals surface area contributed by atoms with Crippen LogP contribution < -0.4 is 5.32 Å². The smallest absolute Gasteiger partial charge is 0.269 e. The number of nitrogens with one attached hydrogen (secondary N) is 2. The number of carbonyl (C=O) groups excluding carboxylic acids is 1. The van der Waals surface area contributed by atoms with Gasteiger partial charge in [0.15, 0.2) is 0 Å². The second-order valence-electron chi connectivity index (χ2n) is 6.10. The molecule has 2 aromatic heterocycles. The highest BCUT2D eigenvalue weighted by Gasteiger charge is 2.14. The van der Waals surface area contributed by atoms with E-state index in [1.54, 1.807) is 11.7 Å². The fourth-order valence-electron chi connectivity index (χ4n) is 2.72. The van der Waals surface area contributed by atoms with Gasteiger partial charge in [-0.25, -0.2) is 0 Å². The maximum absolute atomic E-state index is 12.3. The molecule has 0 spiro atoms. The van der Waals surface area contributed by atoms with Crippen LogP contribution in [0, 0.1) is 0 Å². The first-order chi connectivity index (χ1) is 11.1. The third-order valence-electron chi connectivity index (χ3n) is 4.08. The summed E-state index contributed by atoms with van der Waals surface area (Å²) >= 11 is 0. The van der Waals surface area contributed by atoms with Crippen LogP contribution in [0.5, 0.6) is 0 Å². The number of hydrogen-bond donors (Lipinski definition) is 2. The largest absolute Gasteiger partial charge is 0.361 e. The number of aromatic amines is 1. The SMILES string of the molecule is CC(C)c1cc(C(=O)NCCc2c[nH]c3ccccc23)n(C)n1. The number of rotatable bonds is 5. The number of amides is 1. The van der Waals surface area contributed by atoms with E-state index in [2.05, 4.69) is 41.4 Å². The van der Waals surface area contributed by atoms with Crippen LogP contribution in [0.4, 0.5) is 0 Å². The standard InChI is InChI=1S/C18H22N4O/c1-12(2)16-10-17(22(3)21-16)18(23)19-9-8-13-11-20-15-7-5-4-6-14(13)15/h4-7,10-12,20H,8-9H2,1-3H3,(H,19,23). The minimum absolute atomic E-state index is 0.0771. The van der Waals surface area contributed by atoms with E-state index in [4.69, 9.17) is 0 Å². The van der Waals surface area contributed by atoms with Crippen LogP contribution in [0.2, 0.25) is 0 Å². The normalized spacial score (nSPS) is 11.3. The number of H-pyrrole nitrogens is 1. The van der Waals surface area contributed by atoms with Gasteiger partial charge in [0.2, 0.25) is 0 Å². The van der Waals surface area contributed by atoms with Gasteiger partial charge < -0.3 is 10.3 Å². The summed E-state index contributed by atoms with van der Waals surface area (Å²) in [6.07, 6.45) is 2.81. The molecule has 23 heavy (non-hydrogen) atoms. The highest BCUT2D eigenvalue weighted by atomic mass is 16.2. The molecule has 1 amide bonds. The van der Waals surface area contributed by atoms with E-state index in [-0.39, 0.29) is 5.91 Å². The molecular weight excluding hydrogens is 288 g/mol. The Labute approximate surface area is 135 Å². The van der Waals surface area contributed by atoms with Crippen molar-refractivity contribution in [2.75, 3.05) is 6.54 Å².